The number of thioether (sulfide) groups is 1. The fourth-order valence-corrected chi connectivity index (χ4v) is 6.42. The highest BCUT2D eigenvalue weighted by atomic mass is 35.5. The fraction of sp³-hybridized carbons (Fsp3) is 0.545. The minimum absolute atomic E-state index is 0.271. The Balaban J connectivity index is 1.45. The average molecular weight is 485 g/mol. The third kappa shape index (κ3) is 7.54. The Bertz CT molecular complexity index is 985. The zero-order valence-electron chi connectivity index (χ0n) is 17.7. The van der Waals surface area contributed by atoms with Crippen molar-refractivity contribution >= 4 is 39.1 Å². The van der Waals surface area contributed by atoms with Crippen LogP contribution in [0.5, 0.6) is 0 Å². The summed E-state index contributed by atoms with van der Waals surface area (Å²) in [5.74, 6) is 0.275. The Kier molecular flexibility index (Phi) is 8.86. The molecule has 0 bridgehead atoms. The van der Waals surface area contributed by atoms with Gasteiger partial charge in [-0.3, -0.25) is 4.79 Å². The summed E-state index contributed by atoms with van der Waals surface area (Å²) in [7, 11) is -3.67. The molecule has 0 spiro atoms. The summed E-state index contributed by atoms with van der Waals surface area (Å²) in [5, 5.41) is 3.94. The number of sulfone groups is 1. The van der Waals surface area contributed by atoms with Crippen molar-refractivity contribution in [1.29, 1.82) is 0 Å². The van der Waals surface area contributed by atoms with Gasteiger partial charge in [0.1, 0.15) is 11.5 Å². The SMILES string of the molecule is Cc1oc(-c2ccccc2Cl)nc1CS(=O)(=O)CC(=O)NCCCSC1CCCCC1. The van der Waals surface area contributed by atoms with E-state index in [-0.39, 0.29) is 11.6 Å². The molecule has 0 aliphatic heterocycles. The van der Waals surface area contributed by atoms with Gasteiger partial charge < -0.3 is 9.73 Å². The first kappa shape index (κ1) is 24.1. The lowest BCUT2D eigenvalue weighted by Gasteiger charge is -2.20. The highest BCUT2D eigenvalue weighted by Gasteiger charge is 2.22. The standard InChI is InChI=1S/C22H29ClN2O4S2/c1-16-20(25-22(29-16)18-10-5-6-11-19(18)23)14-31(27,28)15-21(26)24-12-7-13-30-17-8-3-2-4-9-17/h5-6,10-11,17H,2-4,7-9,12-15H2,1H3,(H,24,26). The average Bonchev–Trinajstić information content (AvgIpc) is 3.07. The second-order valence-corrected chi connectivity index (χ2v) is 11.7. The topological polar surface area (TPSA) is 89.3 Å². The minimum Gasteiger partial charge on any atom is -0.441 e. The van der Waals surface area contributed by atoms with Gasteiger partial charge in [-0.05, 0) is 44.1 Å². The normalized spacial score (nSPS) is 15.2. The van der Waals surface area contributed by atoms with E-state index in [1.165, 1.54) is 32.1 Å². The van der Waals surface area contributed by atoms with Crippen molar-refractivity contribution in [3.63, 3.8) is 0 Å². The lowest BCUT2D eigenvalue weighted by atomic mass is 10.0. The molecule has 0 atom stereocenters. The maximum absolute atomic E-state index is 12.5. The van der Waals surface area contributed by atoms with Gasteiger partial charge in [0.15, 0.2) is 9.84 Å². The Labute approximate surface area is 193 Å². The molecule has 3 rings (SSSR count). The van der Waals surface area contributed by atoms with E-state index in [0.717, 1.165) is 17.4 Å². The van der Waals surface area contributed by atoms with Crippen molar-refractivity contribution in [3.05, 3.63) is 40.7 Å². The molecular formula is C22H29ClN2O4S2. The molecule has 31 heavy (non-hydrogen) atoms. The van der Waals surface area contributed by atoms with E-state index < -0.39 is 21.5 Å². The fourth-order valence-electron chi connectivity index (χ4n) is 3.60. The van der Waals surface area contributed by atoms with Crippen LogP contribution < -0.4 is 5.32 Å². The lowest BCUT2D eigenvalue weighted by Crippen LogP contribution is -2.32. The third-order valence-corrected chi connectivity index (χ3v) is 8.47. The van der Waals surface area contributed by atoms with Gasteiger partial charge in [0, 0.05) is 11.8 Å². The summed E-state index contributed by atoms with van der Waals surface area (Å²) >= 11 is 8.13. The highest BCUT2D eigenvalue weighted by molar-refractivity contribution is 7.99. The molecule has 170 valence electrons. The van der Waals surface area contributed by atoms with Crippen LogP contribution in [-0.4, -0.2) is 42.6 Å². The van der Waals surface area contributed by atoms with Crippen LogP contribution >= 0.6 is 23.4 Å². The van der Waals surface area contributed by atoms with E-state index in [9.17, 15) is 13.2 Å². The predicted octanol–water partition coefficient (Wildman–Crippen LogP) is 4.79. The van der Waals surface area contributed by atoms with E-state index in [4.69, 9.17) is 16.0 Å². The van der Waals surface area contributed by atoms with Crippen LogP contribution in [0.15, 0.2) is 28.7 Å². The van der Waals surface area contributed by atoms with Crippen LogP contribution in [0.2, 0.25) is 5.02 Å². The van der Waals surface area contributed by atoms with E-state index in [0.29, 0.717) is 28.6 Å². The summed E-state index contributed by atoms with van der Waals surface area (Å²) in [5.41, 5.74) is 0.895. The number of nitrogens with zero attached hydrogens (tertiary/aromatic N) is 1. The molecule has 6 nitrogen and oxygen atoms in total. The van der Waals surface area contributed by atoms with Crippen LogP contribution in [0.1, 0.15) is 50.0 Å². The highest BCUT2D eigenvalue weighted by Crippen LogP contribution is 2.29. The van der Waals surface area contributed by atoms with Gasteiger partial charge in [-0.1, -0.05) is 43.0 Å². The minimum atomic E-state index is -3.67. The van der Waals surface area contributed by atoms with Crippen LogP contribution in [0.4, 0.5) is 0 Å². The van der Waals surface area contributed by atoms with E-state index in [2.05, 4.69) is 10.3 Å². The smallest absolute Gasteiger partial charge is 0.235 e. The first-order chi connectivity index (χ1) is 14.8. The Morgan fingerprint density at radius 3 is 2.74 bits per heavy atom. The van der Waals surface area contributed by atoms with Gasteiger partial charge in [-0.15, -0.1) is 0 Å². The Morgan fingerprint density at radius 1 is 1.26 bits per heavy atom. The maximum atomic E-state index is 12.5. The molecule has 9 heteroatoms. The molecule has 0 unspecified atom stereocenters. The lowest BCUT2D eigenvalue weighted by molar-refractivity contribution is -0.118. The van der Waals surface area contributed by atoms with Crippen molar-refractivity contribution in [2.45, 2.75) is 56.5 Å². The zero-order chi connectivity index (χ0) is 22.3. The molecule has 1 saturated carbocycles. The Hall–Kier alpha value is -1.51. The van der Waals surface area contributed by atoms with Gasteiger partial charge in [0.05, 0.1) is 22.0 Å². The van der Waals surface area contributed by atoms with E-state index in [1.807, 2.05) is 11.8 Å². The molecule has 0 saturated heterocycles. The molecule has 2 aromatic rings. The number of oxazole rings is 1. The van der Waals surface area contributed by atoms with Gasteiger partial charge in [-0.25, -0.2) is 13.4 Å². The number of hydrogen-bond donors (Lipinski definition) is 1. The zero-order valence-corrected chi connectivity index (χ0v) is 20.1. The number of halogens is 1. The number of aryl methyl sites for hydroxylation is 1. The number of carbonyl (C=O) groups excluding carboxylic acids is 1. The first-order valence-electron chi connectivity index (χ1n) is 10.6. The number of amides is 1. The van der Waals surface area contributed by atoms with E-state index >= 15 is 0 Å². The number of carbonyl (C=O) groups is 1. The summed E-state index contributed by atoms with van der Waals surface area (Å²) in [6.07, 6.45) is 7.39. The van der Waals surface area contributed by atoms with Crippen molar-refractivity contribution in [1.82, 2.24) is 10.3 Å². The summed E-state index contributed by atoms with van der Waals surface area (Å²) in [4.78, 5) is 16.4. The number of benzene rings is 1. The van der Waals surface area contributed by atoms with Crippen LogP contribution in [0.3, 0.4) is 0 Å². The van der Waals surface area contributed by atoms with Crippen LogP contribution in [0.25, 0.3) is 11.5 Å². The maximum Gasteiger partial charge on any atom is 0.235 e. The monoisotopic (exact) mass is 484 g/mol. The predicted molar refractivity (Wildman–Crippen MR) is 126 cm³/mol. The van der Waals surface area contributed by atoms with Crippen molar-refractivity contribution in [2.75, 3.05) is 18.1 Å². The molecule has 1 aromatic carbocycles. The molecule has 1 aliphatic rings. The quantitative estimate of drug-likeness (QED) is 0.487. The molecular weight excluding hydrogens is 456 g/mol. The molecule has 0 radical (unpaired) electrons. The van der Waals surface area contributed by atoms with Gasteiger partial charge in [0.2, 0.25) is 11.8 Å². The second-order valence-electron chi connectivity index (χ2n) is 7.87. The number of rotatable bonds is 10. The van der Waals surface area contributed by atoms with Gasteiger partial charge in [-0.2, -0.15) is 11.8 Å². The molecule has 1 heterocycles. The third-order valence-electron chi connectivity index (χ3n) is 5.25. The second kappa shape index (κ2) is 11.4. The van der Waals surface area contributed by atoms with Gasteiger partial charge in [0.25, 0.3) is 0 Å². The number of hydrogen-bond acceptors (Lipinski definition) is 6. The first-order valence-corrected chi connectivity index (χ1v) is 13.9. The van der Waals surface area contributed by atoms with Gasteiger partial charge >= 0.3 is 0 Å². The molecule has 1 N–H and O–H groups in total. The largest absolute Gasteiger partial charge is 0.441 e. The van der Waals surface area contributed by atoms with Crippen molar-refractivity contribution < 1.29 is 17.6 Å². The number of aromatic nitrogens is 1. The molecule has 1 fully saturated rings. The summed E-state index contributed by atoms with van der Waals surface area (Å²) < 4.78 is 30.6. The molecule has 1 aromatic heterocycles. The van der Waals surface area contributed by atoms with Crippen LogP contribution in [0, 0.1) is 6.92 Å². The van der Waals surface area contributed by atoms with Crippen molar-refractivity contribution in [2.24, 2.45) is 0 Å². The molecule has 1 amide bonds. The number of nitrogens with one attached hydrogen (secondary N) is 1. The van der Waals surface area contributed by atoms with Crippen LogP contribution in [-0.2, 0) is 20.4 Å². The summed E-state index contributed by atoms with van der Waals surface area (Å²) in [6.45, 7) is 2.15. The van der Waals surface area contributed by atoms with Crippen molar-refractivity contribution in [3.8, 4) is 11.5 Å². The Morgan fingerprint density at radius 2 is 2.00 bits per heavy atom. The van der Waals surface area contributed by atoms with E-state index in [1.54, 1.807) is 31.2 Å². The summed E-state index contributed by atoms with van der Waals surface area (Å²) in [6, 6.07) is 7.06. The molecule has 1 aliphatic carbocycles.